The molecule has 4 rings (SSSR count). The zero-order valence-corrected chi connectivity index (χ0v) is 21.5. The smallest absolute Gasteiger partial charge is 0.126 e. The minimum atomic E-state index is 0.575. The van der Waals surface area contributed by atoms with E-state index in [2.05, 4.69) is 21.7 Å². The highest BCUT2D eigenvalue weighted by atomic mass is 35.5. The summed E-state index contributed by atoms with van der Waals surface area (Å²) in [6, 6.07) is 6.49. The quantitative estimate of drug-likeness (QED) is 0.407. The van der Waals surface area contributed by atoms with Crippen LogP contribution in [0.5, 0.6) is 0 Å². The molecule has 0 aromatic carbocycles. The average molecular weight is 508 g/mol. The molecule has 0 spiro atoms. The van der Waals surface area contributed by atoms with Crippen molar-refractivity contribution in [1.29, 1.82) is 0 Å². The summed E-state index contributed by atoms with van der Waals surface area (Å²) in [5, 5.41) is 8.24. The van der Waals surface area contributed by atoms with Gasteiger partial charge < -0.3 is 20.1 Å². The Hall–Kier alpha value is -1.44. The number of halogens is 2. The molecule has 1 saturated heterocycles. The predicted molar refractivity (Wildman–Crippen MR) is 139 cm³/mol. The number of rotatable bonds is 10. The number of pyridine rings is 2. The lowest BCUT2D eigenvalue weighted by Gasteiger charge is -2.29. The highest BCUT2D eigenvalue weighted by Gasteiger charge is 2.22. The lowest BCUT2D eigenvalue weighted by Crippen LogP contribution is -2.35. The van der Waals surface area contributed by atoms with Crippen LogP contribution in [-0.2, 0) is 15.9 Å². The Morgan fingerprint density at radius 2 is 1.82 bits per heavy atom. The Bertz CT molecular complexity index is 916. The molecule has 0 radical (unpaired) electrons. The van der Waals surface area contributed by atoms with Gasteiger partial charge in [0.25, 0.3) is 0 Å². The first-order valence-corrected chi connectivity index (χ1v) is 13.2. The van der Waals surface area contributed by atoms with E-state index in [9.17, 15) is 0 Å². The number of hydrogen-bond acceptors (Lipinski definition) is 6. The summed E-state index contributed by atoms with van der Waals surface area (Å²) >= 11 is 13.1. The van der Waals surface area contributed by atoms with E-state index in [0.29, 0.717) is 33.6 Å². The summed E-state index contributed by atoms with van der Waals surface area (Å²) in [6.45, 7) is 4.25. The third-order valence-corrected chi connectivity index (χ3v) is 7.62. The van der Waals surface area contributed by atoms with Crippen LogP contribution in [0.15, 0.2) is 24.4 Å². The molecule has 0 unspecified atom stereocenters. The number of ether oxygens (including phenoxy) is 2. The van der Waals surface area contributed by atoms with Gasteiger partial charge in [0.05, 0.1) is 22.3 Å². The summed E-state index contributed by atoms with van der Waals surface area (Å²) in [5.41, 5.74) is 2.60. The Morgan fingerprint density at radius 3 is 2.59 bits per heavy atom. The molecule has 2 fully saturated rings. The van der Waals surface area contributed by atoms with Crippen LogP contribution in [0.2, 0.25) is 10.0 Å². The maximum absolute atomic E-state index is 6.56. The van der Waals surface area contributed by atoms with E-state index in [1.54, 1.807) is 13.3 Å². The molecule has 2 aromatic rings. The van der Waals surface area contributed by atoms with E-state index < -0.39 is 0 Å². The molecule has 34 heavy (non-hydrogen) atoms. The van der Waals surface area contributed by atoms with Crippen molar-refractivity contribution in [1.82, 2.24) is 15.3 Å². The van der Waals surface area contributed by atoms with Crippen molar-refractivity contribution in [3.05, 3.63) is 40.1 Å². The second-order valence-electron chi connectivity index (χ2n) is 9.49. The zero-order chi connectivity index (χ0) is 23.8. The third kappa shape index (κ3) is 7.28. The summed E-state index contributed by atoms with van der Waals surface area (Å²) < 4.78 is 10.6. The summed E-state index contributed by atoms with van der Waals surface area (Å²) in [6.07, 6.45) is 9.66. The van der Waals surface area contributed by atoms with Gasteiger partial charge in [0.1, 0.15) is 5.82 Å². The van der Waals surface area contributed by atoms with Crippen molar-refractivity contribution >= 4 is 29.0 Å². The predicted octanol–water partition coefficient (Wildman–Crippen LogP) is 5.63. The van der Waals surface area contributed by atoms with E-state index in [-0.39, 0.29) is 0 Å². The van der Waals surface area contributed by atoms with E-state index in [4.69, 9.17) is 37.7 Å². The lowest BCUT2D eigenvalue weighted by molar-refractivity contribution is 0.0699. The lowest BCUT2D eigenvalue weighted by atomic mass is 9.83. The normalized spacial score (nSPS) is 21.5. The van der Waals surface area contributed by atoms with Crippen LogP contribution in [0.3, 0.4) is 0 Å². The molecule has 0 amide bonds. The molecule has 2 N–H and O–H groups in total. The minimum absolute atomic E-state index is 0.575. The minimum Gasteiger partial charge on any atom is -0.383 e. The first-order valence-electron chi connectivity index (χ1n) is 12.5. The van der Waals surface area contributed by atoms with Crippen molar-refractivity contribution in [3.63, 3.8) is 0 Å². The largest absolute Gasteiger partial charge is 0.383 e. The van der Waals surface area contributed by atoms with Gasteiger partial charge in [0.15, 0.2) is 0 Å². The molecule has 6 nitrogen and oxygen atoms in total. The van der Waals surface area contributed by atoms with E-state index in [0.717, 1.165) is 69.2 Å². The topological polar surface area (TPSA) is 68.3 Å². The maximum atomic E-state index is 6.56. The van der Waals surface area contributed by atoms with Gasteiger partial charge in [-0.15, -0.1) is 0 Å². The van der Waals surface area contributed by atoms with Crippen LogP contribution < -0.4 is 10.6 Å². The van der Waals surface area contributed by atoms with Gasteiger partial charge in [0.2, 0.25) is 0 Å². The molecule has 1 saturated carbocycles. The number of hydrogen-bond donors (Lipinski definition) is 2. The summed E-state index contributed by atoms with van der Waals surface area (Å²) in [4.78, 5) is 9.44. The fourth-order valence-electron chi connectivity index (χ4n) is 4.94. The van der Waals surface area contributed by atoms with Crippen LogP contribution in [0.4, 0.5) is 5.82 Å². The first-order chi connectivity index (χ1) is 16.6. The van der Waals surface area contributed by atoms with Crippen molar-refractivity contribution in [2.45, 2.75) is 51.0 Å². The maximum Gasteiger partial charge on any atom is 0.126 e. The number of aromatic nitrogens is 2. The van der Waals surface area contributed by atoms with Crippen molar-refractivity contribution in [2.75, 3.05) is 45.3 Å². The molecule has 1 aliphatic carbocycles. The van der Waals surface area contributed by atoms with Gasteiger partial charge in [-0.2, -0.15) is 0 Å². The molecule has 0 atom stereocenters. The second-order valence-corrected chi connectivity index (χ2v) is 10.3. The van der Waals surface area contributed by atoms with Crippen LogP contribution in [-0.4, -0.2) is 56.0 Å². The monoisotopic (exact) mass is 506 g/mol. The first kappa shape index (κ1) is 25.6. The molecule has 2 aliphatic rings. The van der Waals surface area contributed by atoms with Gasteiger partial charge in [-0.05, 0) is 75.0 Å². The fraction of sp³-hybridized carbons (Fsp3) is 0.615. The second kappa shape index (κ2) is 13.0. The van der Waals surface area contributed by atoms with Gasteiger partial charge in [-0.25, -0.2) is 4.98 Å². The standard InChI is InChI=1S/C26H36Cl2N4O2/c1-33-13-10-29-20-4-2-18(3-5-20)14-21-15-22(24(28)17-30-21)26-23(27)6-7-25(32-26)31-16-19-8-11-34-12-9-19/h6-7,15,17-20,29H,2-5,8-14,16H2,1H3,(H,31,32). The van der Waals surface area contributed by atoms with E-state index in [1.165, 1.54) is 25.7 Å². The summed E-state index contributed by atoms with van der Waals surface area (Å²) in [5.74, 6) is 2.06. The average Bonchev–Trinajstić information content (AvgIpc) is 2.87. The van der Waals surface area contributed by atoms with Crippen LogP contribution in [0, 0.1) is 11.8 Å². The van der Waals surface area contributed by atoms with Crippen LogP contribution in [0.25, 0.3) is 11.3 Å². The van der Waals surface area contributed by atoms with Crippen LogP contribution >= 0.6 is 23.2 Å². The zero-order valence-electron chi connectivity index (χ0n) is 20.0. The van der Waals surface area contributed by atoms with Gasteiger partial charge in [-0.1, -0.05) is 23.2 Å². The molecule has 3 heterocycles. The molecule has 1 aliphatic heterocycles. The molecule has 2 aromatic heterocycles. The Balaban J connectivity index is 1.39. The Kier molecular flexibility index (Phi) is 9.83. The molecular weight excluding hydrogens is 471 g/mol. The van der Waals surface area contributed by atoms with E-state index >= 15 is 0 Å². The molecule has 0 bridgehead atoms. The Labute approximate surface area is 213 Å². The van der Waals surface area contributed by atoms with Gasteiger partial charge in [0, 0.05) is 56.9 Å². The van der Waals surface area contributed by atoms with Crippen molar-refractivity contribution in [2.24, 2.45) is 11.8 Å². The number of nitrogens with zero attached hydrogens (tertiary/aromatic N) is 2. The number of nitrogens with one attached hydrogen (secondary N) is 2. The molecular formula is C26H36Cl2N4O2. The van der Waals surface area contributed by atoms with Crippen LogP contribution in [0.1, 0.15) is 44.2 Å². The van der Waals surface area contributed by atoms with Crippen molar-refractivity contribution in [3.8, 4) is 11.3 Å². The van der Waals surface area contributed by atoms with E-state index in [1.807, 2.05) is 12.1 Å². The third-order valence-electron chi connectivity index (χ3n) is 7.01. The number of methoxy groups -OCH3 is 1. The number of anilines is 1. The Morgan fingerprint density at radius 1 is 1.03 bits per heavy atom. The SMILES string of the molecule is COCCNC1CCC(Cc2cc(-c3nc(NCC4CCOCC4)ccc3Cl)c(Cl)cn2)CC1. The van der Waals surface area contributed by atoms with Crippen molar-refractivity contribution < 1.29 is 9.47 Å². The van der Waals surface area contributed by atoms with Gasteiger partial charge >= 0.3 is 0 Å². The summed E-state index contributed by atoms with van der Waals surface area (Å²) in [7, 11) is 1.74. The van der Waals surface area contributed by atoms with Gasteiger partial charge in [-0.3, -0.25) is 4.98 Å². The fourth-order valence-corrected chi connectivity index (χ4v) is 5.34. The molecule has 8 heteroatoms. The molecule has 186 valence electrons. The highest BCUT2D eigenvalue weighted by molar-refractivity contribution is 6.36. The highest BCUT2D eigenvalue weighted by Crippen LogP contribution is 2.34.